The van der Waals surface area contributed by atoms with Gasteiger partial charge >= 0.3 is 5.97 Å². The number of phenols is 1. The van der Waals surface area contributed by atoms with Crippen LogP contribution in [0.5, 0.6) is 5.75 Å². The van der Waals surface area contributed by atoms with Crippen LogP contribution in [0.25, 0.3) is 0 Å². The summed E-state index contributed by atoms with van der Waals surface area (Å²) < 4.78 is 5.65. The highest BCUT2D eigenvalue weighted by atomic mass is 16.5. The summed E-state index contributed by atoms with van der Waals surface area (Å²) in [7, 11) is 0. The summed E-state index contributed by atoms with van der Waals surface area (Å²) in [5, 5.41) is 13.4. The topological polar surface area (TPSA) is 75.6 Å². The predicted octanol–water partition coefficient (Wildman–Crippen LogP) is 5.55. The maximum absolute atomic E-state index is 12.3. The molecule has 2 rings (SSSR count). The summed E-state index contributed by atoms with van der Waals surface area (Å²) in [6.07, 6.45) is 13.5. The second kappa shape index (κ2) is 13.4. The number of carbonyl (C=O) groups excluding carboxylic acids is 2. The lowest BCUT2D eigenvalue weighted by atomic mass is 9.93. The van der Waals surface area contributed by atoms with Crippen LogP contribution in [-0.4, -0.2) is 35.0 Å². The van der Waals surface area contributed by atoms with E-state index in [1.54, 1.807) is 25.1 Å². The molecule has 30 heavy (non-hydrogen) atoms. The zero-order chi connectivity index (χ0) is 21.8. The molecule has 0 aliphatic carbocycles. The van der Waals surface area contributed by atoms with Crippen molar-refractivity contribution in [1.29, 1.82) is 0 Å². The molecule has 168 valence electrons. The fourth-order valence-electron chi connectivity index (χ4n) is 4.24. The molecule has 0 saturated carbocycles. The van der Waals surface area contributed by atoms with Crippen molar-refractivity contribution in [2.75, 3.05) is 0 Å². The SMILES string of the molecule is CC(=O)CCCCCCCCCC[C@H]1CC[C@@H](OC(=O)c2ccccc2O)[C@@H](C)N1. The largest absolute Gasteiger partial charge is 0.507 e. The van der Waals surface area contributed by atoms with Crippen LogP contribution in [0, 0.1) is 0 Å². The smallest absolute Gasteiger partial charge is 0.342 e. The lowest BCUT2D eigenvalue weighted by molar-refractivity contribution is -0.117. The second-order valence-electron chi connectivity index (χ2n) is 8.76. The number of ether oxygens (including phenoxy) is 1. The van der Waals surface area contributed by atoms with Crippen LogP contribution in [0.2, 0.25) is 0 Å². The average molecular weight is 418 g/mol. The Bertz CT molecular complexity index is 660. The summed E-state index contributed by atoms with van der Waals surface area (Å²) in [5.74, 6) is -0.181. The number of hydrogen-bond donors (Lipinski definition) is 2. The zero-order valence-corrected chi connectivity index (χ0v) is 18.7. The molecular weight excluding hydrogens is 378 g/mol. The monoisotopic (exact) mass is 417 g/mol. The first-order valence-corrected chi connectivity index (χ1v) is 11.7. The van der Waals surface area contributed by atoms with Gasteiger partial charge in [-0.05, 0) is 51.7 Å². The summed E-state index contributed by atoms with van der Waals surface area (Å²) in [5.41, 5.74) is 0.227. The van der Waals surface area contributed by atoms with Crippen LogP contribution in [0.15, 0.2) is 24.3 Å². The normalized spacial score (nSPS) is 21.3. The predicted molar refractivity (Wildman–Crippen MR) is 120 cm³/mol. The highest BCUT2D eigenvalue weighted by molar-refractivity contribution is 5.92. The average Bonchev–Trinajstić information content (AvgIpc) is 2.71. The molecule has 0 bridgehead atoms. The molecule has 5 heteroatoms. The Hall–Kier alpha value is -1.88. The van der Waals surface area contributed by atoms with E-state index in [1.165, 1.54) is 57.4 Å². The number of esters is 1. The first-order valence-electron chi connectivity index (χ1n) is 11.7. The van der Waals surface area contributed by atoms with Gasteiger partial charge in [0.25, 0.3) is 0 Å². The molecule has 0 radical (unpaired) electrons. The van der Waals surface area contributed by atoms with E-state index in [2.05, 4.69) is 12.2 Å². The van der Waals surface area contributed by atoms with E-state index in [0.29, 0.717) is 11.8 Å². The maximum atomic E-state index is 12.3. The molecule has 0 spiro atoms. The van der Waals surface area contributed by atoms with Crippen LogP contribution in [0.4, 0.5) is 0 Å². The van der Waals surface area contributed by atoms with Gasteiger partial charge in [0, 0.05) is 18.5 Å². The third kappa shape index (κ3) is 8.86. The Morgan fingerprint density at radius 2 is 1.63 bits per heavy atom. The van der Waals surface area contributed by atoms with Crippen molar-refractivity contribution in [2.24, 2.45) is 0 Å². The van der Waals surface area contributed by atoms with Crippen molar-refractivity contribution in [1.82, 2.24) is 5.32 Å². The van der Waals surface area contributed by atoms with E-state index in [-0.39, 0.29) is 23.5 Å². The van der Waals surface area contributed by atoms with Gasteiger partial charge < -0.3 is 20.0 Å². The Kier molecular flexibility index (Phi) is 10.9. The van der Waals surface area contributed by atoms with Crippen LogP contribution in [-0.2, 0) is 9.53 Å². The second-order valence-corrected chi connectivity index (χ2v) is 8.76. The Morgan fingerprint density at radius 3 is 2.27 bits per heavy atom. The summed E-state index contributed by atoms with van der Waals surface area (Å²) in [6.45, 7) is 3.74. The van der Waals surface area contributed by atoms with Gasteiger partial charge in [-0.25, -0.2) is 4.79 Å². The van der Waals surface area contributed by atoms with Gasteiger partial charge in [-0.2, -0.15) is 0 Å². The van der Waals surface area contributed by atoms with Crippen molar-refractivity contribution >= 4 is 11.8 Å². The quantitative estimate of drug-likeness (QED) is 0.325. The first kappa shape index (κ1) is 24.4. The molecule has 3 atom stereocenters. The number of hydrogen-bond acceptors (Lipinski definition) is 5. The molecule has 1 aromatic carbocycles. The van der Waals surface area contributed by atoms with Gasteiger partial charge in [0.2, 0.25) is 0 Å². The highest BCUT2D eigenvalue weighted by Crippen LogP contribution is 2.24. The van der Waals surface area contributed by atoms with Crippen LogP contribution >= 0.6 is 0 Å². The first-order chi connectivity index (χ1) is 14.5. The third-order valence-corrected chi connectivity index (χ3v) is 6.07. The molecule has 1 saturated heterocycles. The molecule has 0 unspecified atom stereocenters. The minimum atomic E-state index is -0.452. The molecule has 1 aromatic rings. The van der Waals surface area contributed by atoms with Crippen molar-refractivity contribution in [3.05, 3.63) is 29.8 Å². The number of carbonyl (C=O) groups is 2. The Balaban J connectivity index is 1.54. The minimum Gasteiger partial charge on any atom is -0.507 e. The Labute approximate surface area is 181 Å². The van der Waals surface area contributed by atoms with E-state index < -0.39 is 5.97 Å². The lowest BCUT2D eigenvalue weighted by Crippen LogP contribution is -2.50. The molecular formula is C25H39NO4. The number of nitrogens with one attached hydrogen (secondary N) is 1. The van der Waals surface area contributed by atoms with Gasteiger partial charge in [0.05, 0.1) is 0 Å². The summed E-state index contributed by atoms with van der Waals surface area (Å²) in [6, 6.07) is 7.12. The zero-order valence-electron chi connectivity index (χ0n) is 18.7. The molecule has 2 N–H and O–H groups in total. The third-order valence-electron chi connectivity index (χ3n) is 6.07. The van der Waals surface area contributed by atoms with Crippen LogP contribution in [0.1, 0.15) is 101 Å². The molecule has 1 aliphatic rings. The molecule has 0 amide bonds. The van der Waals surface area contributed by atoms with Gasteiger partial charge in [0.15, 0.2) is 0 Å². The number of ketones is 1. The summed E-state index contributed by atoms with van der Waals surface area (Å²) in [4.78, 5) is 23.2. The van der Waals surface area contributed by atoms with E-state index in [0.717, 1.165) is 25.7 Å². The molecule has 5 nitrogen and oxygen atoms in total. The standard InChI is InChI=1S/C25H39NO4/c1-19(27)13-9-7-5-3-4-6-8-10-14-21-17-18-24(20(2)26-21)30-25(29)22-15-11-12-16-23(22)28/h11-12,15-16,20-21,24,26,28H,3-10,13-14,17-18H2,1-2H3/t20-,21+,24-/m1/s1. The van der Waals surface area contributed by atoms with E-state index in [4.69, 9.17) is 4.74 Å². The van der Waals surface area contributed by atoms with E-state index >= 15 is 0 Å². The van der Waals surface area contributed by atoms with Gasteiger partial charge in [-0.1, -0.05) is 57.1 Å². The number of para-hydroxylation sites is 1. The molecule has 0 aromatic heterocycles. The number of Topliss-reactive ketones (excluding diaryl/α,β-unsaturated/α-hetero) is 1. The number of piperidine rings is 1. The van der Waals surface area contributed by atoms with Crippen molar-refractivity contribution < 1.29 is 19.4 Å². The van der Waals surface area contributed by atoms with Gasteiger partial charge in [-0.15, -0.1) is 0 Å². The van der Waals surface area contributed by atoms with Gasteiger partial charge in [0.1, 0.15) is 23.2 Å². The number of rotatable bonds is 13. The van der Waals surface area contributed by atoms with Crippen molar-refractivity contribution in [2.45, 2.75) is 109 Å². The van der Waals surface area contributed by atoms with Gasteiger partial charge in [-0.3, -0.25) is 0 Å². The number of phenolic OH excluding ortho intramolecular Hbond substituents is 1. The molecule has 1 aliphatic heterocycles. The molecule has 1 heterocycles. The van der Waals surface area contributed by atoms with Crippen LogP contribution in [0.3, 0.4) is 0 Å². The van der Waals surface area contributed by atoms with E-state index in [9.17, 15) is 14.7 Å². The summed E-state index contributed by atoms with van der Waals surface area (Å²) >= 11 is 0. The number of aromatic hydroxyl groups is 1. The van der Waals surface area contributed by atoms with Crippen molar-refractivity contribution in [3.63, 3.8) is 0 Å². The number of unbranched alkanes of at least 4 members (excludes halogenated alkanes) is 7. The van der Waals surface area contributed by atoms with E-state index in [1.807, 2.05) is 0 Å². The Morgan fingerprint density at radius 1 is 1.00 bits per heavy atom. The lowest BCUT2D eigenvalue weighted by Gasteiger charge is -2.35. The van der Waals surface area contributed by atoms with Crippen molar-refractivity contribution in [3.8, 4) is 5.75 Å². The fraction of sp³-hybridized carbons (Fsp3) is 0.680. The number of benzene rings is 1. The van der Waals surface area contributed by atoms with Crippen LogP contribution < -0.4 is 5.32 Å². The highest BCUT2D eigenvalue weighted by Gasteiger charge is 2.30. The fourth-order valence-corrected chi connectivity index (χ4v) is 4.24. The maximum Gasteiger partial charge on any atom is 0.342 e. The molecule has 1 fully saturated rings. The minimum absolute atomic E-state index is 0.0344.